The zero-order valence-electron chi connectivity index (χ0n) is 8.49. The average molecular weight is 239 g/mol. The number of carboxylic acid groups (broad SMARTS) is 1. The van der Waals surface area contributed by atoms with Gasteiger partial charge in [-0.3, -0.25) is 4.79 Å². The highest BCUT2D eigenvalue weighted by Gasteiger charge is 2.01. The molecule has 0 aromatic heterocycles. The molecule has 1 N–H and O–H groups in total. The van der Waals surface area contributed by atoms with Gasteiger partial charge in [0.15, 0.2) is 0 Å². The van der Waals surface area contributed by atoms with Crippen LogP contribution in [0.25, 0.3) is 6.08 Å². The molecule has 84 valence electrons. The lowest BCUT2D eigenvalue weighted by Crippen LogP contribution is -2.34. The maximum atomic E-state index is 10.7. The van der Waals surface area contributed by atoms with E-state index in [0.717, 1.165) is 0 Å². The van der Waals surface area contributed by atoms with Gasteiger partial charge < -0.3 is 15.2 Å². The number of carbonyl (C=O) groups is 2. The summed E-state index contributed by atoms with van der Waals surface area (Å²) in [6.45, 7) is 1.22. The zero-order chi connectivity index (χ0) is 12.1. The van der Waals surface area contributed by atoms with Crippen LogP contribution in [0, 0.1) is 0 Å². The van der Waals surface area contributed by atoms with Crippen LogP contribution in [0.4, 0.5) is 0 Å². The Bertz CT molecular complexity index is 437. The number of hydrogen-bond acceptors (Lipinski definition) is 3. The first kappa shape index (κ1) is 12.3. The van der Waals surface area contributed by atoms with Crippen molar-refractivity contribution in [2.75, 3.05) is 0 Å². The molecule has 0 bridgehead atoms. The number of halogens is 1. The average Bonchev–Trinajstić information content (AvgIpc) is 2.19. The fourth-order valence-corrected chi connectivity index (χ4v) is 1.19. The van der Waals surface area contributed by atoms with Crippen molar-refractivity contribution in [2.45, 2.75) is 6.92 Å². The van der Waals surface area contributed by atoms with Crippen LogP contribution in [0.2, 0.25) is 5.02 Å². The lowest BCUT2D eigenvalue weighted by molar-refractivity contribution is -0.299. The van der Waals surface area contributed by atoms with Crippen molar-refractivity contribution in [3.63, 3.8) is 0 Å². The molecule has 0 heterocycles. The van der Waals surface area contributed by atoms with E-state index in [9.17, 15) is 14.7 Å². The highest BCUT2D eigenvalue weighted by Crippen LogP contribution is 2.11. The van der Waals surface area contributed by atoms with Crippen LogP contribution in [-0.4, -0.2) is 11.9 Å². The second-order valence-corrected chi connectivity index (χ2v) is 3.51. The number of hydrogen-bond donors (Lipinski definition) is 1. The van der Waals surface area contributed by atoms with Crippen molar-refractivity contribution in [2.24, 2.45) is 0 Å². The molecule has 0 aliphatic carbocycles. The number of benzene rings is 1. The summed E-state index contributed by atoms with van der Waals surface area (Å²) < 4.78 is 0. The molecule has 1 aromatic carbocycles. The molecule has 16 heavy (non-hydrogen) atoms. The predicted octanol–water partition coefficient (Wildman–Crippen LogP) is 0.567. The highest BCUT2D eigenvalue weighted by molar-refractivity contribution is 6.30. The third-order valence-corrected chi connectivity index (χ3v) is 1.96. The smallest absolute Gasteiger partial charge is 0.221 e. The first-order valence-corrected chi connectivity index (χ1v) is 4.83. The van der Waals surface area contributed by atoms with Gasteiger partial charge in [0.2, 0.25) is 5.91 Å². The number of rotatable bonds is 3. The molecule has 0 aliphatic rings. The lowest BCUT2D eigenvalue weighted by Gasteiger charge is -2.08. The molecule has 1 amide bonds. The Morgan fingerprint density at radius 1 is 1.31 bits per heavy atom. The summed E-state index contributed by atoms with van der Waals surface area (Å²) in [6, 6.07) is 6.50. The lowest BCUT2D eigenvalue weighted by atomic mass is 10.2. The van der Waals surface area contributed by atoms with Crippen LogP contribution < -0.4 is 10.4 Å². The van der Waals surface area contributed by atoms with Crippen molar-refractivity contribution in [1.29, 1.82) is 0 Å². The molecule has 1 rings (SSSR count). The van der Waals surface area contributed by atoms with Crippen molar-refractivity contribution in [1.82, 2.24) is 5.32 Å². The SMILES string of the molecule is CC(=O)N/C(=C/c1ccc(Cl)cc1)C(=O)[O-]. The number of carboxylic acids is 1. The van der Waals surface area contributed by atoms with Gasteiger partial charge in [0.25, 0.3) is 0 Å². The Morgan fingerprint density at radius 3 is 2.31 bits per heavy atom. The van der Waals surface area contributed by atoms with E-state index in [1.807, 2.05) is 0 Å². The third kappa shape index (κ3) is 3.74. The fraction of sp³-hybridized carbons (Fsp3) is 0.0909. The third-order valence-electron chi connectivity index (χ3n) is 1.71. The molecule has 0 radical (unpaired) electrons. The van der Waals surface area contributed by atoms with Crippen LogP contribution >= 0.6 is 11.6 Å². The number of carbonyl (C=O) groups excluding carboxylic acids is 2. The molecule has 0 fully saturated rings. The van der Waals surface area contributed by atoms with Crippen LogP contribution in [0.5, 0.6) is 0 Å². The fourth-order valence-electron chi connectivity index (χ4n) is 1.06. The van der Waals surface area contributed by atoms with Gasteiger partial charge in [0.05, 0.1) is 11.7 Å². The Labute approximate surface area is 97.5 Å². The summed E-state index contributed by atoms with van der Waals surface area (Å²) in [5, 5.41) is 13.4. The minimum Gasteiger partial charge on any atom is -0.543 e. The first-order valence-electron chi connectivity index (χ1n) is 4.45. The highest BCUT2D eigenvalue weighted by atomic mass is 35.5. The Kier molecular flexibility index (Phi) is 4.08. The Morgan fingerprint density at radius 2 is 1.88 bits per heavy atom. The van der Waals surface area contributed by atoms with E-state index in [1.165, 1.54) is 13.0 Å². The maximum Gasteiger partial charge on any atom is 0.221 e. The van der Waals surface area contributed by atoms with E-state index in [1.54, 1.807) is 24.3 Å². The zero-order valence-corrected chi connectivity index (χ0v) is 9.25. The molecule has 0 saturated carbocycles. The summed E-state index contributed by atoms with van der Waals surface area (Å²) in [4.78, 5) is 21.4. The minimum absolute atomic E-state index is 0.283. The van der Waals surface area contributed by atoms with Gasteiger partial charge in [-0.15, -0.1) is 0 Å². The van der Waals surface area contributed by atoms with Gasteiger partial charge in [0.1, 0.15) is 0 Å². The quantitative estimate of drug-likeness (QED) is 0.783. The molecule has 0 atom stereocenters. The van der Waals surface area contributed by atoms with Crippen LogP contribution in [0.3, 0.4) is 0 Å². The predicted molar refractivity (Wildman–Crippen MR) is 58.3 cm³/mol. The number of amides is 1. The molecule has 0 spiro atoms. The van der Waals surface area contributed by atoms with Gasteiger partial charge in [-0.2, -0.15) is 0 Å². The summed E-state index contributed by atoms with van der Waals surface area (Å²) in [5.41, 5.74) is 0.326. The van der Waals surface area contributed by atoms with Crippen LogP contribution in [0.1, 0.15) is 12.5 Å². The summed E-state index contributed by atoms with van der Waals surface area (Å²) >= 11 is 5.68. The Hall–Kier alpha value is -1.81. The molecule has 1 aromatic rings. The largest absolute Gasteiger partial charge is 0.543 e. The van der Waals surface area contributed by atoms with E-state index < -0.39 is 11.9 Å². The van der Waals surface area contributed by atoms with Gasteiger partial charge in [-0.1, -0.05) is 23.7 Å². The Balaban J connectivity index is 2.97. The molecular formula is C11H9ClNO3-. The van der Waals surface area contributed by atoms with Crippen LogP contribution in [0.15, 0.2) is 30.0 Å². The normalized spacial score (nSPS) is 11.0. The van der Waals surface area contributed by atoms with E-state index >= 15 is 0 Å². The van der Waals surface area contributed by atoms with Crippen molar-refractivity contribution >= 4 is 29.6 Å². The molecule has 0 unspecified atom stereocenters. The number of nitrogens with one attached hydrogen (secondary N) is 1. The molecule has 0 aliphatic heterocycles. The van der Waals surface area contributed by atoms with Gasteiger partial charge >= 0.3 is 0 Å². The second-order valence-electron chi connectivity index (χ2n) is 3.08. The van der Waals surface area contributed by atoms with Crippen molar-refractivity contribution in [3.8, 4) is 0 Å². The van der Waals surface area contributed by atoms with Gasteiger partial charge in [-0.25, -0.2) is 0 Å². The van der Waals surface area contributed by atoms with Crippen molar-refractivity contribution in [3.05, 3.63) is 40.5 Å². The van der Waals surface area contributed by atoms with E-state index in [4.69, 9.17) is 11.6 Å². The topological polar surface area (TPSA) is 69.2 Å². The number of aliphatic carboxylic acids is 1. The molecular weight excluding hydrogens is 230 g/mol. The summed E-state index contributed by atoms with van der Waals surface area (Å²) in [7, 11) is 0. The maximum absolute atomic E-state index is 10.7. The van der Waals surface area contributed by atoms with Gasteiger partial charge in [-0.05, 0) is 23.8 Å². The monoisotopic (exact) mass is 238 g/mol. The standard InChI is InChI=1S/C11H10ClNO3/c1-7(14)13-10(11(15)16)6-8-2-4-9(12)5-3-8/h2-6H,1H3,(H,13,14)(H,15,16)/p-1/b10-6+. The van der Waals surface area contributed by atoms with E-state index in [-0.39, 0.29) is 5.70 Å². The van der Waals surface area contributed by atoms with E-state index in [0.29, 0.717) is 10.6 Å². The van der Waals surface area contributed by atoms with Crippen LogP contribution in [-0.2, 0) is 9.59 Å². The molecule has 5 heteroatoms. The molecule has 0 saturated heterocycles. The van der Waals surface area contributed by atoms with E-state index in [2.05, 4.69) is 5.32 Å². The summed E-state index contributed by atoms with van der Waals surface area (Å²) in [5.74, 6) is -1.91. The minimum atomic E-state index is -1.44. The summed E-state index contributed by atoms with van der Waals surface area (Å²) in [6.07, 6.45) is 1.30. The first-order chi connectivity index (χ1) is 7.49. The van der Waals surface area contributed by atoms with Gasteiger partial charge in [0, 0.05) is 11.9 Å². The molecule has 4 nitrogen and oxygen atoms in total. The second kappa shape index (κ2) is 5.32. The van der Waals surface area contributed by atoms with Crippen molar-refractivity contribution < 1.29 is 14.7 Å².